The first-order chi connectivity index (χ1) is 8.16. The highest BCUT2D eigenvalue weighted by molar-refractivity contribution is 4.82. The predicted octanol–water partition coefficient (Wildman–Crippen LogP) is 3.89. The summed E-state index contributed by atoms with van der Waals surface area (Å²) in [7, 11) is 0. The van der Waals surface area contributed by atoms with Crippen molar-refractivity contribution >= 4 is 0 Å². The van der Waals surface area contributed by atoms with Crippen LogP contribution in [0.25, 0.3) is 0 Å². The van der Waals surface area contributed by atoms with Gasteiger partial charge in [-0.25, -0.2) is 0 Å². The summed E-state index contributed by atoms with van der Waals surface area (Å²) >= 11 is 0. The first-order valence-corrected chi connectivity index (χ1v) is 7.40. The molecule has 0 aromatic rings. The van der Waals surface area contributed by atoms with Gasteiger partial charge >= 0.3 is 0 Å². The average Bonchev–Trinajstić information content (AvgIpc) is 3.12. The third-order valence-corrected chi connectivity index (χ3v) is 3.86. The zero-order valence-corrected chi connectivity index (χ0v) is 12.2. The van der Waals surface area contributed by atoms with Gasteiger partial charge < -0.3 is 9.47 Å². The molecular formula is C15H30O2. The molecule has 2 nitrogen and oxygen atoms in total. The van der Waals surface area contributed by atoms with Crippen molar-refractivity contribution in [3.63, 3.8) is 0 Å². The summed E-state index contributed by atoms with van der Waals surface area (Å²) < 4.78 is 11.2. The summed E-state index contributed by atoms with van der Waals surface area (Å²) in [6, 6.07) is 0. The lowest BCUT2D eigenvalue weighted by atomic mass is 9.75. The molecule has 2 rings (SSSR count). The molecule has 1 aliphatic carbocycles. The van der Waals surface area contributed by atoms with E-state index in [0.29, 0.717) is 12.2 Å². The van der Waals surface area contributed by atoms with E-state index in [1.54, 1.807) is 0 Å². The Morgan fingerprint density at radius 1 is 1.24 bits per heavy atom. The van der Waals surface area contributed by atoms with Crippen LogP contribution in [0.15, 0.2) is 0 Å². The molecular weight excluding hydrogens is 212 g/mol. The molecule has 4 unspecified atom stereocenters. The van der Waals surface area contributed by atoms with E-state index in [0.717, 1.165) is 31.0 Å². The lowest BCUT2D eigenvalue weighted by Gasteiger charge is -2.37. The second-order valence-electron chi connectivity index (χ2n) is 5.65. The molecule has 1 heterocycles. The van der Waals surface area contributed by atoms with Crippen LogP contribution in [-0.4, -0.2) is 25.4 Å². The Morgan fingerprint density at radius 3 is 2.41 bits per heavy atom. The molecule has 0 amide bonds. The molecule has 2 aliphatic rings. The van der Waals surface area contributed by atoms with Crippen LogP contribution in [-0.2, 0) is 9.47 Å². The summed E-state index contributed by atoms with van der Waals surface area (Å²) in [5.41, 5.74) is 0. The molecule has 17 heavy (non-hydrogen) atoms. The fourth-order valence-corrected chi connectivity index (χ4v) is 2.70. The first-order valence-electron chi connectivity index (χ1n) is 7.40. The maximum Gasteiger partial charge on any atom is 0.104 e. The van der Waals surface area contributed by atoms with Crippen LogP contribution in [0.5, 0.6) is 0 Å². The van der Waals surface area contributed by atoms with Gasteiger partial charge in [-0.3, -0.25) is 0 Å². The molecule has 0 N–H and O–H groups in total. The van der Waals surface area contributed by atoms with E-state index in [1.165, 1.54) is 19.3 Å². The molecule has 0 bridgehead atoms. The monoisotopic (exact) mass is 242 g/mol. The molecule has 1 saturated heterocycles. The number of epoxide rings is 1. The van der Waals surface area contributed by atoms with Crippen LogP contribution in [0.1, 0.15) is 53.9 Å². The van der Waals surface area contributed by atoms with E-state index >= 15 is 0 Å². The highest BCUT2D eigenvalue weighted by Gasteiger charge is 2.33. The third kappa shape index (κ3) is 4.97. The Balaban J connectivity index is 0.000000686. The van der Waals surface area contributed by atoms with E-state index < -0.39 is 0 Å². The molecule has 0 spiro atoms. The van der Waals surface area contributed by atoms with Crippen LogP contribution >= 0.6 is 0 Å². The van der Waals surface area contributed by atoms with Gasteiger partial charge in [-0.2, -0.15) is 0 Å². The van der Waals surface area contributed by atoms with Crippen molar-refractivity contribution in [2.75, 3.05) is 13.2 Å². The van der Waals surface area contributed by atoms with Crippen molar-refractivity contribution in [2.45, 2.75) is 66.1 Å². The third-order valence-electron chi connectivity index (χ3n) is 3.86. The molecule has 1 aliphatic heterocycles. The predicted molar refractivity (Wildman–Crippen MR) is 72.2 cm³/mol. The van der Waals surface area contributed by atoms with Gasteiger partial charge in [0.1, 0.15) is 6.10 Å². The Kier molecular flexibility index (Phi) is 6.50. The minimum absolute atomic E-state index is 0.412. The van der Waals surface area contributed by atoms with Crippen LogP contribution in [0, 0.1) is 17.8 Å². The van der Waals surface area contributed by atoms with Gasteiger partial charge in [0.25, 0.3) is 0 Å². The lowest BCUT2D eigenvalue weighted by molar-refractivity contribution is -0.0430. The highest BCUT2D eigenvalue weighted by Crippen LogP contribution is 2.35. The Bertz CT molecular complexity index is 199. The van der Waals surface area contributed by atoms with Gasteiger partial charge in [0.2, 0.25) is 0 Å². The Hall–Kier alpha value is -0.0800. The summed E-state index contributed by atoms with van der Waals surface area (Å²) in [5.74, 6) is 2.35. The topological polar surface area (TPSA) is 21.8 Å². The molecule has 2 fully saturated rings. The fraction of sp³-hybridized carbons (Fsp3) is 1.00. The highest BCUT2D eigenvalue weighted by atomic mass is 16.6. The zero-order valence-electron chi connectivity index (χ0n) is 12.2. The number of ether oxygens (including phenoxy) is 2. The van der Waals surface area contributed by atoms with Crippen molar-refractivity contribution in [1.29, 1.82) is 0 Å². The average molecular weight is 242 g/mol. The fourth-order valence-electron chi connectivity index (χ4n) is 2.70. The largest absolute Gasteiger partial charge is 0.375 e. The minimum Gasteiger partial charge on any atom is -0.375 e. The van der Waals surface area contributed by atoms with Crippen LogP contribution in [0.3, 0.4) is 0 Å². The maximum absolute atomic E-state index is 6.03. The smallest absolute Gasteiger partial charge is 0.104 e. The molecule has 102 valence electrons. The van der Waals surface area contributed by atoms with Crippen molar-refractivity contribution in [3.05, 3.63) is 0 Å². The van der Waals surface area contributed by atoms with Gasteiger partial charge in [-0.05, 0) is 30.6 Å². The first kappa shape index (κ1) is 15.0. The lowest BCUT2D eigenvalue weighted by Crippen LogP contribution is -2.35. The van der Waals surface area contributed by atoms with Gasteiger partial charge in [0.05, 0.1) is 19.3 Å². The van der Waals surface area contributed by atoms with Gasteiger partial charge in [0.15, 0.2) is 0 Å². The molecule has 1 saturated carbocycles. The van der Waals surface area contributed by atoms with Gasteiger partial charge in [0, 0.05) is 0 Å². The molecule has 2 heteroatoms. The minimum atomic E-state index is 0.412. The SMILES string of the molecule is CC.CC1CCC(C(C)C)C(OCC2CO2)C1. The summed E-state index contributed by atoms with van der Waals surface area (Å²) in [6.45, 7) is 12.7. The molecule has 0 aromatic carbocycles. The van der Waals surface area contributed by atoms with Crippen molar-refractivity contribution in [2.24, 2.45) is 17.8 Å². The van der Waals surface area contributed by atoms with E-state index in [1.807, 2.05) is 13.8 Å². The van der Waals surface area contributed by atoms with Crippen molar-refractivity contribution in [1.82, 2.24) is 0 Å². The number of hydrogen-bond acceptors (Lipinski definition) is 2. The zero-order chi connectivity index (χ0) is 12.8. The molecule has 0 aromatic heterocycles. The Labute approximate surface area is 107 Å². The summed E-state index contributed by atoms with van der Waals surface area (Å²) in [4.78, 5) is 0. The second kappa shape index (κ2) is 7.38. The van der Waals surface area contributed by atoms with Crippen LogP contribution in [0.4, 0.5) is 0 Å². The Morgan fingerprint density at radius 2 is 1.88 bits per heavy atom. The van der Waals surface area contributed by atoms with Gasteiger partial charge in [-0.15, -0.1) is 0 Å². The second-order valence-corrected chi connectivity index (χ2v) is 5.65. The van der Waals surface area contributed by atoms with E-state index in [4.69, 9.17) is 9.47 Å². The standard InChI is InChI=1S/C13H24O2.C2H6/c1-9(2)12-5-4-10(3)6-13(12)15-8-11-7-14-11;1-2/h9-13H,4-8H2,1-3H3;1-2H3. The van der Waals surface area contributed by atoms with E-state index in [9.17, 15) is 0 Å². The van der Waals surface area contributed by atoms with Crippen molar-refractivity contribution in [3.8, 4) is 0 Å². The number of hydrogen-bond donors (Lipinski definition) is 0. The molecule has 4 atom stereocenters. The maximum atomic E-state index is 6.03. The van der Waals surface area contributed by atoms with Crippen molar-refractivity contribution < 1.29 is 9.47 Å². The van der Waals surface area contributed by atoms with Gasteiger partial charge in [-0.1, -0.05) is 41.0 Å². The van der Waals surface area contributed by atoms with Crippen LogP contribution < -0.4 is 0 Å². The normalized spacial score (nSPS) is 36.4. The summed E-state index contributed by atoms with van der Waals surface area (Å²) in [6.07, 6.45) is 4.86. The molecule has 0 radical (unpaired) electrons. The van der Waals surface area contributed by atoms with E-state index in [-0.39, 0.29) is 0 Å². The quantitative estimate of drug-likeness (QED) is 0.698. The number of rotatable bonds is 4. The van der Waals surface area contributed by atoms with E-state index in [2.05, 4.69) is 20.8 Å². The summed E-state index contributed by atoms with van der Waals surface area (Å²) in [5, 5.41) is 0. The van der Waals surface area contributed by atoms with Crippen LogP contribution in [0.2, 0.25) is 0 Å².